The maximum absolute atomic E-state index is 11.3. The predicted octanol–water partition coefficient (Wildman–Crippen LogP) is 5.33. The highest BCUT2D eigenvalue weighted by Gasteiger charge is 2.32. The van der Waals surface area contributed by atoms with Crippen molar-refractivity contribution in [1.82, 2.24) is 19.5 Å². The van der Waals surface area contributed by atoms with Gasteiger partial charge in [-0.05, 0) is 54.1 Å². The van der Waals surface area contributed by atoms with Crippen LogP contribution in [0.15, 0.2) is 71.3 Å². The van der Waals surface area contributed by atoms with Gasteiger partial charge < -0.3 is 19.2 Å². The molecule has 0 radical (unpaired) electrons. The Balaban J connectivity index is 1.31. The predicted molar refractivity (Wildman–Crippen MR) is 140 cm³/mol. The second-order valence-electron chi connectivity index (χ2n) is 8.57. The van der Waals surface area contributed by atoms with Crippen LogP contribution >= 0.6 is 22.9 Å². The standard InChI is InChI=1S/C26H24ClN5O3S/c1-34-20-10-8-19(9-11-20)30-12-14-31(15-13-30)22(17-4-6-18(27)7-5-17)23-25(33)32-26(36-23)28-24(29-32)21-3-2-16-35-21/h2-11,16,22,33H,12-15H2,1H3/t22-/m0/s1. The number of aromatic hydroxyl groups is 1. The topological polar surface area (TPSA) is 79.3 Å². The van der Waals surface area contributed by atoms with E-state index in [0.717, 1.165) is 42.4 Å². The molecule has 0 unspecified atom stereocenters. The molecule has 184 valence electrons. The minimum Gasteiger partial charge on any atom is -0.497 e. The highest BCUT2D eigenvalue weighted by molar-refractivity contribution is 7.17. The maximum Gasteiger partial charge on any atom is 0.230 e. The zero-order valence-corrected chi connectivity index (χ0v) is 21.1. The van der Waals surface area contributed by atoms with Crippen LogP contribution in [-0.4, -0.2) is 57.9 Å². The number of furan rings is 1. The molecule has 4 heterocycles. The molecular formula is C26H24ClN5O3S. The highest BCUT2D eigenvalue weighted by atomic mass is 35.5. The van der Waals surface area contributed by atoms with Gasteiger partial charge in [-0.2, -0.15) is 9.50 Å². The van der Waals surface area contributed by atoms with Gasteiger partial charge in [-0.15, -0.1) is 5.10 Å². The first-order valence-electron chi connectivity index (χ1n) is 11.6. The molecule has 3 aromatic heterocycles. The number of rotatable bonds is 6. The molecule has 8 nitrogen and oxygen atoms in total. The number of methoxy groups -OCH3 is 1. The van der Waals surface area contributed by atoms with Gasteiger partial charge in [-0.3, -0.25) is 4.90 Å². The molecule has 6 rings (SSSR count). The van der Waals surface area contributed by atoms with E-state index in [4.69, 9.17) is 20.8 Å². The average molecular weight is 522 g/mol. The van der Waals surface area contributed by atoms with Crippen molar-refractivity contribution in [3.05, 3.63) is 82.4 Å². The van der Waals surface area contributed by atoms with Crippen LogP contribution in [0.5, 0.6) is 11.6 Å². The minimum atomic E-state index is -0.152. The molecule has 1 atom stereocenters. The lowest BCUT2D eigenvalue weighted by atomic mass is 10.0. The molecule has 0 saturated carbocycles. The summed E-state index contributed by atoms with van der Waals surface area (Å²) in [7, 11) is 1.68. The monoisotopic (exact) mass is 521 g/mol. The Morgan fingerprint density at radius 3 is 2.42 bits per heavy atom. The Hall–Kier alpha value is -3.53. The van der Waals surface area contributed by atoms with E-state index in [2.05, 4.69) is 32.0 Å². The largest absolute Gasteiger partial charge is 0.497 e. The van der Waals surface area contributed by atoms with E-state index in [-0.39, 0.29) is 11.9 Å². The third kappa shape index (κ3) is 4.19. The summed E-state index contributed by atoms with van der Waals surface area (Å²) in [6, 6.07) is 19.4. The van der Waals surface area contributed by atoms with Crippen LogP contribution < -0.4 is 9.64 Å². The van der Waals surface area contributed by atoms with Gasteiger partial charge in [0.15, 0.2) is 5.76 Å². The number of hydrogen-bond donors (Lipinski definition) is 1. The number of anilines is 1. The Labute approximate surface area is 216 Å². The summed E-state index contributed by atoms with van der Waals surface area (Å²) in [5, 5.41) is 16.4. The molecule has 5 aromatic rings. The van der Waals surface area contributed by atoms with Gasteiger partial charge >= 0.3 is 0 Å². The molecule has 0 amide bonds. The van der Waals surface area contributed by atoms with Crippen molar-refractivity contribution in [2.24, 2.45) is 0 Å². The first-order chi connectivity index (χ1) is 17.6. The minimum absolute atomic E-state index is 0.0952. The Morgan fingerprint density at radius 2 is 1.78 bits per heavy atom. The van der Waals surface area contributed by atoms with Crippen molar-refractivity contribution in [3.63, 3.8) is 0 Å². The molecule has 2 aromatic carbocycles. The zero-order valence-electron chi connectivity index (χ0n) is 19.5. The maximum atomic E-state index is 11.3. The summed E-state index contributed by atoms with van der Waals surface area (Å²) in [6.07, 6.45) is 1.58. The number of hydrogen-bond acceptors (Lipinski definition) is 8. The van der Waals surface area contributed by atoms with E-state index in [1.165, 1.54) is 21.5 Å². The molecule has 1 fully saturated rings. The smallest absolute Gasteiger partial charge is 0.230 e. The third-order valence-electron chi connectivity index (χ3n) is 6.49. The Morgan fingerprint density at radius 1 is 1.03 bits per heavy atom. The first kappa shape index (κ1) is 22.9. The Bertz CT molecular complexity index is 1460. The number of thiazole rings is 1. The molecule has 1 aliphatic rings. The van der Waals surface area contributed by atoms with E-state index in [9.17, 15) is 5.11 Å². The van der Waals surface area contributed by atoms with Gasteiger partial charge in [0.25, 0.3) is 0 Å². The molecular weight excluding hydrogens is 498 g/mol. The van der Waals surface area contributed by atoms with Gasteiger partial charge in [0.05, 0.1) is 24.3 Å². The van der Waals surface area contributed by atoms with Crippen LogP contribution in [0, 0.1) is 0 Å². The van der Waals surface area contributed by atoms with Crippen molar-refractivity contribution in [2.75, 3.05) is 38.2 Å². The Kier molecular flexibility index (Phi) is 6.04. The number of nitrogens with zero attached hydrogens (tertiary/aromatic N) is 5. The van der Waals surface area contributed by atoms with E-state index >= 15 is 0 Å². The van der Waals surface area contributed by atoms with E-state index in [0.29, 0.717) is 21.6 Å². The number of fused-ring (bicyclic) bond motifs is 1. The molecule has 1 N–H and O–H groups in total. The summed E-state index contributed by atoms with van der Waals surface area (Å²) < 4.78 is 12.2. The van der Waals surface area contributed by atoms with Crippen LogP contribution in [0.25, 0.3) is 16.5 Å². The lowest BCUT2D eigenvalue weighted by Crippen LogP contribution is -2.47. The number of ether oxygens (including phenoxy) is 1. The fraction of sp³-hybridized carbons (Fsp3) is 0.231. The molecule has 0 bridgehead atoms. The van der Waals surface area contributed by atoms with Crippen molar-refractivity contribution < 1.29 is 14.3 Å². The third-order valence-corrected chi connectivity index (χ3v) is 7.82. The summed E-state index contributed by atoms with van der Waals surface area (Å²) in [6.45, 7) is 3.37. The van der Waals surface area contributed by atoms with Crippen LogP contribution in [0.4, 0.5) is 5.69 Å². The number of benzene rings is 2. The summed E-state index contributed by atoms with van der Waals surface area (Å²) in [4.78, 5) is 10.8. The van der Waals surface area contributed by atoms with Crippen molar-refractivity contribution in [2.45, 2.75) is 6.04 Å². The normalized spacial score (nSPS) is 15.4. The second kappa shape index (κ2) is 9.50. The molecule has 36 heavy (non-hydrogen) atoms. The quantitative estimate of drug-likeness (QED) is 0.323. The average Bonchev–Trinajstić information content (AvgIpc) is 3.65. The van der Waals surface area contributed by atoms with Crippen LogP contribution in [0.1, 0.15) is 16.5 Å². The zero-order chi connectivity index (χ0) is 24.6. The lowest BCUT2D eigenvalue weighted by Gasteiger charge is -2.40. The van der Waals surface area contributed by atoms with E-state index < -0.39 is 0 Å². The van der Waals surface area contributed by atoms with Gasteiger partial charge in [0, 0.05) is 36.9 Å². The highest BCUT2D eigenvalue weighted by Crippen LogP contribution is 2.41. The van der Waals surface area contributed by atoms with E-state index in [1.54, 1.807) is 25.5 Å². The molecule has 1 saturated heterocycles. The van der Waals surface area contributed by atoms with Gasteiger partial charge in [0.2, 0.25) is 16.7 Å². The summed E-state index contributed by atoms with van der Waals surface area (Å²) in [5.74, 6) is 1.96. The molecule has 10 heteroatoms. The van der Waals surface area contributed by atoms with Crippen LogP contribution in [0.2, 0.25) is 5.02 Å². The molecule has 0 spiro atoms. The lowest BCUT2D eigenvalue weighted by molar-refractivity contribution is 0.211. The van der Waals surface area contributed by atoms with Crippen molar-refractivity contribution in [3.8, 4) is 23.2 Å². The van der Waals surface area contributed by atoms with Gasteiger partial charge in [0.1, 0.15) is 5.75 Å². The van der Waals surface area contributed by atoms with E-state index in [1.807, 2.05) is 36.4 Å². The van der Waals surface area contributed by atoms with Crippen LogP contribution in [0.3, 0.4) is 0 Å². The fourth-order valence-electron chi connectivity index (χ4n) is 4.64. The summed E-state index contributed by atoms with van der Waals surface area (Å²) >= 11 is 7.63. The van der Waals surface area contributed by atoms with Gasteiger partial charge in [-0.1, -0.05) is 35.1 Å². The fourth-order valence-corrected chi connectivity index (χ4v) is 5.89. The molecule has 0 aliphatic carbocycles. The second-order valence-corrected chi connectivity index (χ2v) is 10.0. The first-order valence-corrected chi connectivity index (χ1v) is 12.8. The number of halogens is 1. The number of aromatic nitrogens is 3. The molecule has 1 aliphatic heterocycles. The van der Waals surface area contributed by atoms with Crippen molar-refractivity contribution >= 4 is 33.6 Å². The van der Waals surface area contributed by atoms with Crippen molar-refractivity contribution in [1.29, 1.82) is 0 Å². The summed E-state index contributed by atoms with van der Waals surface area (Å²) in [5.41, 5.74) is 2.23. The van der Waals surface area contributed by atoms with Crippen LogP contribution in [-0.2, 0) is 0 Å². The SMILES string of the molecule is COc1ccc(N2CCN([C@@H](c3ccc(Cl)cc3)c3sc4nc(-c5ccco5)nn4c3O)CC2)cc1. The van der Waals surface area contributed by atoms with Gasteiger partial charge in [-0.25, -0.2) is 0 Å². The number of piperazine rings is 1.